The Labute approximate surface area is 706 Å². The molecule has 0 unspecified atom stereocenters. The maximum Gasteiger partial charge on any atom is 0.390 e. The van der Waals surface area contributed by atoms with Crippen molar-refractivity contribution in [3.05, 3.63) is 115 Å². The second-order valence-electron chi connectivity index (χ2n) is 29.8. The number of Topliss-reactive ketones (excluding diaryl/α,β-unsaturated/α-hetero) is 4. The molecule has 49 heteroatoms. The number of H-pyrrole nitrogens is 4. The number of amides is 8. The summed E-state index contributed by atoms with van der Waals surface area (Å²) in [6.07, 6.45) is -1.44. The zero-order valence-electron chi connectivity index (χ0n) is 64.6. The quantitative estimate of drug-likeness (QED) is 0.0178. The van der Waals surface area contributed by atoms with Crippen LogP contribution in [0.25, 0.3) is 43.6 Å². The summed E-state index contributed by atoms with van der Waals surface area (Å²) >= 11 is 23.0. The molecule has 8 heterocycles. The molecule has 1 saturated carbocycles. The molecule has 4 saturated heterocycles. The molecule has 1 aliphatic carbocycles. The number of benzene rings is 4. The van der Waals surface area contributed by atoms with Gasteiger partial charge < -0.3 is 45.6 Å². The number of nitrogens with one attached hydrogen (secondary N) is 8. The van der Waals surface area contributed by atoms with Crippen LogP contribution in [0.1, 0.15) is 118 Å². The van der Waals surface area contributed by atoms with Crippen molar-refractivity contribution in [2.75, 3.05) is 97.7 Å². The lowest BCUT2D eigenvalue weighted by molar-refractivity contribution is -0.133. The van der Waals surface area contributed by atoms with E-state index in [1.165, 1.54) is 57.7 Å². The van der Waals surface area contributed by atoms with Gasteiger partial charge in [0.05, 0.1) is 101 Å². The minimum atomic E-state index is -4.43. The van der Waals surface area contributed by atoms with Crippen LogP contribution in [-0.2, 0) is 14.6 Å². The van der Waals surface area contributed by atoms with Crippen LogP contribution in [-0.4, -0.2) is 256 Å². The van der Waals surface area contributed by atoms with Crippen LogP contribution in [0.4, 0.5) is 93.8 Å². The fraction of sp³-hybridized carbons (Fsp3) is 0.514. The number of ketones is 4. The van der Waals surface area contributed by atoms with Crippen molar-refractivity contribution in [2.24, 2.45) is 23.7 Å². The highest BCUT2D eigenvalue weighted by Crippen LogP contribution is 2.45. The minimum Gasteiger partial charge on any atom is -0.385 e. The highest BCUT2D eigenvalue weighted by atomic mass is 35.5. The van der Waals surface area contributed by atoms with Crippen LogP contribution in [0.15, 0.2) is 49.1 Å². The number of fused-ring (bicyclic) bond motifs is 4. The van der Waals surface area contributed by atoms with E-state index in [1.54, 1.807) is 7.11 Å². The standard InChI is InChI=1S/C19H18ClF5N4O2.C19H22ClF3N4O3.C18H17ClF6N4O2.C18H20ClF3N4O4S/c20-12-5-9-8-26-28-15(9)13(14(12)21)16(30)19(24,25)10-1-3-29(4-2-10)17(31)27-11-6-18(22,23)7-11;1-30-8-2-5-24-18(29)27-6-3-12(4-7-27)19(22,23)17(28)14-15(21)13(20)9-11-10-25-26-16(11)14;19-11-7-9-8-27-28-14(9)12(13(11)20)15(30)18(24,25)10-1-5-29(6-2-10)16(31)26-4-3-17(21,22)23;1-31(29,30)7-4-23-17(28)26-5-2-11(3-6-26)18(21,22)16(27)13-14(20)12(19)8-10-9-24-25-15(10)13/h5,8,10-11H,1-4,6-7H2,(H,26,28)(H,27,31);9-10,12H,2-8H2,1H3,(H,24,29)(H,25,26);7-8,10H,1-6H2,(H,26,31)(H,27,28);8-9,11H,2-7H2,1H3,(H,23,28)(H,24,25). The van der Waals surface area contributed by atoms with Crippen molar-refractivity contribution in [3.63, 3.8) is 0 Å². The molecule has 5 fully saturated rings. The average Bonchev–Trinajstić information content (AvgIpc) is 1.72. The van der Waals surface area contributed by atoms with Gasteiger partial charge in [0, 0.05) is 156 Å². The first kappa shape index (κ1) is 95.6. The van der Waals surface area contributed by atoms with E-state index in [-0.39, 0.29) is 166 Å². The molecule has 4 aromatic heterocycles. The Hall–Kier alpha value is -9.60. The monoisotopic (exact) mass is 1860 g/mol. The maximum atomic E-state index is 15.0. The van der Waals surface area contributed by atoms with Gasteiger partial charge in [-0.25, -0.2) is 53.9 Å². The predicted octanol–water partition coefficient (Wildman–Crippen LogP) is 15.2. The molecule has 27 nitrogen and oxygen atoms in total. The van der Waals surface area contributed by atoms with E-state index in [1.807, 2.05) is 0 Å². The first-order valence-corrected chi connectivity index (χ1v) is 41.4. The molecule has 4 aromatic carbocycles. The van der Waals surface area contributed by atoms with Crippen molar-refractivity contribution in [2.45, 2.75) is 119 Å². The second kappa shape index (κ2) is 38.9. The van der Waals surface area contributed by atoms with E-state index in [0.29, 0.717) is 19.6 Å². The molecule has 8 aromatic rings. The van der Waals surface area contributed by atoms with Gasteiger partial charge in [-0.05, 0) is 82.1 Å². The summed E-state index contributed by atoms with van der Waals surface area (Å²) in [5, 5.41) is 32.7. The van der Waals surface area contributed by atoms with Crippen LogP contribution in [0, 0.1) is 46.9 Å². The van der Waals surface area contributed by atoms with Crippen LogP contribution in [0.2, 0.25) is 20.1 Å². The summed E-state index contributed by atoms with van der Waals surface area (Å²) in [4.78, 5) is 104. The Morgan fingerprint density at radius 1 is 0.447 bits per heavy atom. The number of urea groups is 4. The first-order chi connectivity index (χ1) is 57.6. The van der Waals surface area contributed by atoms with Gasteiger partial charge in [0.1, 0.15) is 9.84 Å². The van der Waals surface area contributed by atoms with Crippen LogP contribution in [0.5, 0.6) is 0 Å². The number of hydrogen-bond acceptors (Lipinski definition) is 15. The highest BCUT2D eigenvalue weighted by Gasteiger charge is 2.55. The number of rotatable bonds is 22. The smallest absolute Gasteiger partial charge is 0.385 e. The molecule has 0 spiro atoms. The SMILES string of the molecule is COCCCNC(=O)N1CCC(C(F)(F)C(=O)c2c(F)c(Cl)cc3cn[nH]c23)CC1.CS(=O)(=O)CCNC(=O)N1CCC(C(F)(F)C(=O)c2c(F)c(Cl)cc3cn[nH]c23)CC1.O=C(NC1CC(F)(F)C1)N1CCC(C(F)(F)C(=O)c2c(F)c(Cl)cc3cn[nH]c23)CC1.O=C(NCCC(F)(F)F)N1CCC(C(F)(F)C(=O)c2c(F)c(Cl)cc3cn[nH]c23)CC1. The third-order valence-electron chi connectivity index (χ3n) is 21.5. The summed E-state index contributed by atoms with van der Waals surface area (Å²) in [6.45, 7) is -0.346. The lowest BCUT2D eigenvalue weighted by Gasteiger charge is -2.39. The summed E-state index contributed by atoms with van der Waals surface area (Å²) < 4.78 is 267. The van der Waals surface area contributed by atoms with Crippen LogP contribution < -0.4 is 21.3 Å². The van der Waals surface area contributed by atoms with E-state index in [0.717, 1.165) is 17.2 Å². The van der Waals surface area contributed by atoms with Gasteiger partial charge in [0.25, 0.3) is 5.92 Å². The number of ether oxygens (including phenoxy) is 1. The van der Waals surface area contributed by atoms with Gasteiger partial charge in [0.2, 0.25) is 23.1 Å². The fourth-order valence-electron chi connectivity index (χ4n) is 14.6. The van der Waals surface area contributed by atoms with Gasteiger partial charge >= 0.3 is 54.0 Å². The molecular weight excluding hydrogens is 1790 g/mol. The second-order valence-corrected chi connectivity index (χ2v) is 33.7. The number of alkyl halides is 13. The molecule has 0 bridgehead atoms. The lowest BCUT2D eigenvalue weighted by Crippen LogP contribution is -2.55. The molecule has 0 radical (unpaired) electrons. The van der Waals surface area contributed by atoms with E-state index in [4.69, 9.17) is 51.1 Å². The number of nitrogens with zero attached hydrogens (tertiary/aromatic N) is 8. The zero-order valence-corrected chi connectivity index (χ0v) is 68.4. The molecule has 5 aliphatic rings. The number of piperidine rings is 4. The third-order valence-corrected chi connectivity index (χ3v) is 23.5. The Kier molecular flexibility index (Phi) is 30.2. The van der Waals surface area contributed by atoms with Crippen molar-refractivity contribution in [3.8, 4) is 0 Å². The molecule has 4 aliphatic heterocycles. The Morgan fingerprint density at radius 2 is 0.707 bits per heavy atom. The van der Waals surface area contributed by atoms with Crippen molar-refractivity contribution >= 4 is 147 Å². The molecule has 672 valence electrons. The third kappa shape index (κ3) is 22.2. The van der Waals surface area contributed by atoms with Gasteiger partial charge in [-0.2, -0.15) is 68.7 Å². The number of methoxy groups -OCH3 is 1. The number of aromatic nitrogens is 8. The number of aromatic amines is 4. The van der Waals surface area contributed by atoms with Gasteiger partial charge in [-0.15, -0.1) is 0 Å². The average molecular weight is 1860 g/mol. The van der Waals surface area contributed by atoms with E-state index in [9.17, 15) is 95.1 Å². The van der Waals surface area contributed by atoms with Crippen molar-refractivity contribution in [1.29, 1.82) is 0 Å². The molecule has 0 atom stereocenters. The number of likely N-dealkylation sites (tertiary alicyclic amines) is 4. The number of carbonyl (C=O) groups is 8. The zero-order chi connectivity index (χ0) is 90.4. The van der Waals surface area contributed by atoms with Crippen molar-refractivity contribution < 1.29 is 126 Å². The largest absolute Gasteiger partial charge is 0.390 e. The predicted molar refractivity (Wildman–Crippen MR) is 412 cm³/mol. The van der Waals surface area contributed by atoms with E-state index in [2.05, 4.69) is 62.1 Å². The fourth-order valence-corrected chi connectivity index (χ4v) is 15.9. The summed E-state index contributed by atoms with van der Waals surface area (Å²) in [7, 11) is -1.69. The lowest BCUT2D eigenvalue weighted by atomic mass is 9.85. The molecular formula is C74H77Cl4F17N16O11S. The normalized spacial score (nSPS) is 16.9. The molecule has 13 rings (SSSR count). The molecule has 123 heavy (non-hydrogen) atoms. The highest BCUT2D eigenvalue weighted by molar-refractivity contribution is 7.90. The minimum absolute atomic E-state index is 0.0598. The Morgan fingerprint density at radius 3 is 0.959 bits per heavy atom. The number of hydrogen-bond donors (Lipinski definition) is 8. The topological polar surface area (TPSA) is 356 Å². The van der Waals surface area contributed by atoms with Crippen molar-refractivity contribution in [1.82, 2.24) is 81.7 Å². The number of carbonyl (C=O) groups excluding carboxylic acids is 8. The van der Waals surface area contributed by atoms with E-state index < -0.39 is 208 Å². The van der Waals surface area contributed by atoms with Crippen LogP contribution in [0.3, 0.4) is 0 Å². The van der Waals surface area contributed by atoms with Crippen LogP contribution >= 0.6 is 46.4 Å². The number of sulfone groups is 1. The molecule has 8 amide bonds. The summed E-state index contributed by atoms with van der Waals surface area (Å²) in [5.74, 6) is -36.0. The Balaban J connectivity index is 0.000000172. The molecule has 8 N–H and O–H groups in total. The van der Waals surface area contributed by atoms with E-state index >= 15 is 26.3 Å². The van der Waals surface area contributed by atoms with Gasteiger partial charge in [0.15, 0.2) is 23.3 Å². The number of halogens is 21. The summed E-state index contributed by atoms with van der Waals surface area (Å²) in [6, 6.07) is 1.76. The first-order valence-electron chi connectivity index (χ1n) is 37.8. The van der Waals surface area contributed by atoms with Gasteiger partial charge in [-0.1, -0.05) is 46.4 Å². The Bertz CT molecular complexity index is 5340. The van der Waals surface area contributed by atoms with Gasteiger partial charge in [-0.3, -0.25) is 39.6 Å². The summed E-state index contributed by atoms with van der Waals surface area (Å²) in [5.41, 5.74) is -4.02. The maximum absolute atomic E-state index is 15.0.